The summed E-state index contributed by atoms with van der Waals surface area (Å²) in [4.78, 5) is 28.5. The van der Waals surface area contributed by atoms with Crippen LogP contribution in [0.3, 0.4) is 0 Å². The number of nitrogen functional groups attached to an aromatic ring is 1. The van der Waals surface area contributed by atoms with Gasteiger partial charge in [0.2, 0.25) is 0 Å². The molecule has 0 amide bonds. The minimum Gasteiger partial charge on any atom is -0.468 e. The second kappa shape index (κ2) is 14.3. The third-order valence-electron chi connectivity index (χ3n) is 7.25. The normalized spacial score (nSPS) is 11.5. The van der Waals surface area contributed by atoms with Crippen LogP contribution >= 0.6 is 12.4 Å². The fraction of sp³-hybridized carbons (Fsp3) is 0.147. The van der Waals surface area contributed by atoms with Gasteiger partial charge in [-0.05, 0) is 59.5 Å². The number of imidazole rings is 1. The van der Waals surface area contributed by atoms with Crippen molar-refractivity contribution in [2.45, 2.75) is 25.6 Å². The standard InChI is InChI=1S/C34H33N5O3.ClH/c1-42-33(40)31(37(23-26-8-4-2-5-9-26)24-27-10-6-3-7-11-27)22-25-12-16-29(17-13-25)38-20-21-39(34(38)41)30-18-14-28(15-19-30)32(35)36;/h2-21,31H,22-24H2,1H3,(H3,35,36);1H. The average molecular weight is 596 g/mol. The number of nitrogens with two attached hydrogens (primary N) is 1. The fourth-order valence-corrected chi connectivity index (χ4v) is 5.00. The molecule has 0 fully saturated rings. The highest BCUT2D eigenvalue weighted by Crippen LogP contribution is 2.19. The summed E-state index contributed by atoms with van der Waals surface area (Å²) < 4.78 is 8.37. The number of methoxy groups -OCH3 is 1. The zero-order chi connectivity index (χ0) is 29.5. The van der Waals surface area contributed by atoms with Gasteiger partial charge in [0, 0.05) is 31.0 Å². The molecule has 0 aliphatic heterocycles. The SMILES string of the molecule is COC(=O)C(Cc1ccc(-n2ccn(-c3ccc(C(=N)N)cc3)c2=O)cc1)N(Cc1ccccc1)Cc1ccccc1.Cl. The quantitative estimate of drug-likeness (QED) is 0.125. The number of aromatic nitrogens is 2. The van der Waals surface area contributed by atoms with Gasteiger partial charge in [-0.15, -0.1) is 12.4 Å². The molecular formula is C34H34ClN5O3. The molecule has 1 heterocycles. The van der Waals surface area contributed by atoms with E-state index in [0.29, 0.717) is 36.4 Å². The molecule has 220 valence electrons. The largest absolute Gasteiger partial charge is 0.468 e. The number of amidine groups is 1. The van der Waals surface area contributed by atoms with Crippen molar-refractivity contribution in [1.82, 2.24) is 14.0 Å². The summed E-state index contributed by atoms with van der Waals surface area (Å²) in [7, 11) is 1.42. The first-order valence-corrected chi connectivity index (χ1v) is 13.7. The molecule has 4 aromatic carbocycles. The number of benzene rings is 4. The first-order chi connectivity index (χ1) is 20.4. The van der Waals surface area contributed by atoms with Crippen LogP contribution in [0.1, 0.15) is 22.3 Å². The molecule has 0 radical (unpaired) electrons. The molecule has 43 heavy (non-hydrogen) atoms. The van der Waals surface area contributed by atoms with E-state index in [4.69, 9.17) is 15.9 Å². The van der Waals surface area contributed by atoms with Crippen molar-refractivity contribution in [2.24, 2.45) is 5.73 Å². The lowest BCUT2D eigenvalue weighted by molar-refractivity contribution is -0.147. The van der Waals surface area contributed by atoms with Crippen molar-refractivity contribution in [2.75, 3.05) is 7.11 Å². The average Bonchev–Trinajstić information content (AvgIpc) is 3.41. The van der Waals surface area contributed by atoms with E-state index < -0.39 is 6.04 Å². The summed E-state index contributed by atoms with van der Waals surface area (Å²) in [5.41, 5.74) is 10.5. The lowest BCUT2D eigenvalue weighted by atomic mass is 10.0. The molecule has 1 unspecified atom stereocenters. The third-order valence-corrected chi connectivity index (χ3v) is 7.25. The van der Waals surface area contributed by atoms with Gasteiger partial charge >= 0.3 is 11.7 Å². The Morgan fingerprint density at radius 1 is 0.767 bits per heavy atom. The Morgan fingerprint density at radius 3 is 1.67 bits per heavy atom. The zero-order valence-electron chi connectivity index (χ0n) is 23.8. The van der Waals surface area contributed by atoms with E-state index in [1.54, 1.807) is 41.2 Å². The number of hydrogen-bond donors (Lipinski definition) is 2. The number of carbonyl (C=O) groups is 1. The van der Waals surface area contributed by atoms with Crippen molar-refractivity contribution >= 4 is 24.2 Å². The minimum atomic E-state index is -0.511. The molecule has 0 aliphatic carbocycles. The smallest absolute Gasteiger partial charge is 0.337 e. The molecule has 3 N–H and O–H groups in total. The Hall–Kier alpha value is -4.92. The van der Waals surface area contributed by atoms with E-state index in [9.17, 15) is 9.59 Å². The Labute approximate surface area is 256 Å². The summed E-state index contributed by atoms with van der Waals surface area (Å²) in [6.07, 6.45) is 3.87. The number of carbonyl (C=O) groups excluding carboxylic acids is 1. The molecule has 0 spiro atoms. The van der Waals surface area contributed by atoms with E-state index in [2.05, 4.69) is 29.2 Å². The molecule has 5 rings (SSSR count). The topological polar surface area (TPSA) is 106 Å². The van der Waals surface area contributed by atoms with Crippen LogP contribution < -0.4 is 11.4 Å². The predicted molar refractivity (Wildman–Crippen MR) is 171 cm³/mol. The van der Waals surface area contributed by atoms with Crippen molar-refractivity contribution in [3.8, 4) is 11.4 Å². The summed E-state index contributed by atoms with van der Waals surface area (Å²) in [5, 5.41) is 7.56. The maximum absolute atomic E-state index is 13.2. The second-order valence-corrected chi connectivity index (χ2v) is 10.1. The highest BCUT2D eigenvalue weighted by Gasteiger charge is 2.27. The van der Waals surface area contributed by atoms with E-state index in [1.807, 2.05) is 60.7 Å². The van der Waals surface area contributed by atoms with Crippen LogP contribution in [0.15, 0.2) is 126 Å². The Kier molecular flexibility index (Phi) is 10.3. The van der Waals surface area contributed by atoms with Crippen molar-refractivity contribution in [3.63, 3.8) is 0 Å². The number of halogens is 1. The molecule has 0 saturated carbocycles. The van der Waals surface area contributed by atoms with E-state index in [-0.39, 0.29) is 29.9 Å². The van der Waals surface area contributed by atoms with Crippen molar-refractivity contribution in [3.05, 3.63) is 154 Å². The van der Waals surface area contributed by atoms with Crippen LogP contribution in [-0.4, -0.2) is 39.0 Å². The Balaban J connectivity index is 0.00000423. The number of rotatable bonds is 11. The molecular weight excluding hydrogens is 562 g/mol. The van der Waals surface area contributed by atoms with Gasteiger partial charge in [0.05, 0.1) is 18.5 Å². The van der Waals surface area contributed by atoms with Crippen molar-refractivity contribution in [1.29, 1.82) is 5.41 Å². The van der Waals surface area contributed by atoms with Gasteiger partial charge < -0.3 is 10.5 Å². The lowest BCUT2D eigenvalue weighted by Crippen LogP contribution is -2.42. The molecule has 0 saturated heterocycles. The van der Waals surface area contributed by atoms with Gasteiger partial charge in [-0.2, -0.15) is 0 Å². The maximum atomic E-state index is 13.2. The fourth-order valence-electron chi connectivity index (χ4n) is 5.00. The van der Waals surface area contributed by atoms with E-state index >= 15 is 0 Å². The van der Waals surface area contributed by atoms with Gasteiger partial charge in [-0.3, -0.25) is 24.2 Å². The van der Waals surface area contributed by atoms with Crippen LogP contribution in [0, 0.1) is 5.41 Å². The Morgan fingerprint density at radius 2 is 1.23 bits per heavy atom. The maximum Gasteiger partial charge on any atom is 0.337 e. The summed E-state index contributed by atoms with van der Waals surface area (Å²) in [6.45, 7) is 1.17. The molecule has 8 nitrogen and oxygen atoms in total. The minimum absolute atomic E-state index is 0. The van der Waals surface area contributed by atoms with E-state index in [1.165, 1.54) is 11.7 Å². The molecule has 9 heteroatoms. The van der Waals surface area contributed by atoms with Crippen LogP contribution in [0.5, 0.6) is 0 Å². The van der Waals surface area contributed by atoms with E-state index in [0.717, 1.165) is 16.7 Å². The summed E-state index contributed by atoms with van der Waals surface area (Å²) in [5.74, 6) is -0.320. The highest BCUT2D eigenvalue weighted by molar-refractivity contribution is 5.95. The number of nitrogens with zero attached hydrogens (tertiary/aromatic N) is 3. The highest BCUT2D eigenvalue weighted by atomic mass is 35.5. The van der Waals surface area contributed by atoms with Crippen molar-refractivity contribution < 1.29 is 9.53 Å². The van der Waals surface area contributed by atoms with Crippen LogP contribution in [0.25, 0.3) is 11.4 Å². The van der Waals surface area contributed by atoms with Crippen LogP contribution in [0.2, 0.25) is 0 Å². The first kappa shape index (κ1) is 31.0. The lowest BCUT2D eigenvalue weighted by Gasteiger charge is -2.30. The number of nitrogens with one attached hydrogen (secondary N) is 1. The zero-order valence-corrected chi connectivity index (χ0v) is 24.6. The number of hydrogen-bond acceptors (Lipinski definition) is 5. The summed E-state index contributed by atoms with van der Waals surface area (Å²) >= 11 is 0. The Bertz CT molecular complexity index is 1660. The molecule has 1 atom stereocenters. The van der Waals surface area contributed by atoms with Gasteiger partial charge in [0.15, 0.2) is 0 Å². The summed E-state index contributed by atoms with van der Waals surface area (Å²) in [6, 6.07) is 34.3. The van der Waals surface area contributed by atoms with Gasteiger partial charge in [-0.25, -0.2) is 4.79 Å². The first-order valence-electron chi connectivity index (χ1n) is 13.7. The number of ether oxygens (including phenoxy) is 1. The number of esters is 1. The molecule has 5 aromatic rings. The monoisotopic (exact) mass is 595 g/mol. The second-order valence-electron chi connectivity index (χ2n) is 10.1. The van der Waals surface area contributed by atoms with Gasteiger partial charge in [0.25, 0.3) is 0 Å². The predicted octanol–water partition coefficient (Wildman–Crippen LogP) is 5.12. The molecule has 1 aromatic heterocycles. The van der Waals surface area contributed by atoms with Crippen LogP contribution in [0.4, 0.5) is 0 Å². The van der Waals surface area contributed by atoms with Gasteiger partial charge in [0.1, 0.15) is 11.9 Å². The third kappa shape index (κ3) is 7.48. The molecule has 0 aliphatic rings. The van der Waals surface area contributed by atoms with Crippen LogP contribution in [-0.2, 0) is 29.0 Å². The molecule has 0 bridgehead atoms. The van der Waals surface area contributed by atoms with Gasteiger partial charge in [-0.1, -0.05) is 72.8 Å².